The molecule has 2 aromatic carbocycles. The van der Waals surface area contributed by atoms with Gasteiger partial charge in [0.15, 0.2) is 11.7 Å². The van der Waals surface area contributed by atoms with Crippen molar-refractivity contribution in [3.63, 3.8) is 0 Å². The zero-order valence-corrected chi connectivity index (χ0v) is 17.8. The minimum atomic E-state index is -0.157. The molecule has 30 heavy (non-hydrogen) atoms. The van der Waals surface area contributed by atoms with Crippen molar-refractivity contribution in [3.05, 3.63) is 71.2 Å². The molecule has 0 fully saturated rings. The van der Waals surface area contributed by atoms with Crippen LogP contribution in [0.5, 0.6) is 0 Å². The Balaban J connectivity index is 1.54. The Kier molecular flexibility index (Phi) is 7.25. The predicted molar refractivity (Wildman–Crippen MR) is 118 cm³/mol. The lowest BCUT2D eigenvalue weighted by Gasteiger charge is -2.18. The van der Waals surface area contributed by atoms with Crippen LogP contribution in [0, 0.1) is 0 Å². The van der Waals surface area contributed by atoms with Crippen molar-refractivity contribution >= 4 is 29.1 Å². The number of hydrogen-bond donors (Lipinski definition) is 1. The predicted octanol–water partition coefficient (Wildman–Crippen LogP) is 5.05. The summed E-state index contributed by atoms with van der Waals surface area (Å²) >= 11 is 6.17. The Bertz CT molecular complexity index is 1010. The highest BCUT2D eigenvalue weighted by molar-refractivity contribution is 6.33. The number of oxazole rings is 1. The maximum atomic E-state index is 12.3. The second-order valence-electron chi connectivity index (χ2n) is 6.70. The number of benzene rings is 2. The minimum absolute atomic E-state index is 0.0175. The lowest BCUT2D eigenvalue weighted by molar-refractivity contribution is -0.116. The van der Waals surface area contributed by atoms with Crippen molar-refractivity contribution in [2.45, 2.75) is 26.7 Å². The number of nitrogens with one attached hydrogen (secondary N) is 1. The lowest BCUT2D eigenvalue weighted by Crippen LogP contribution is -2.30. The number of carbonyl (C=O) groups excluding carboxylic acids is 2. The van der Waals surface area contributed by atoms with E-state index in [1.54, 1.807) is 41.4 Å². The van der Waals surface area contributed by atoms with Gasteiger partial charge >= 0.3 is 0 Å². The summed E-state index contributed by atoms with van der Waals surface area (Å²) in [7, 11) is 0. The molecule has 3 aromatic rings. The van der Waals surface area contributed by atoms with Crippen LogP contribution in [0.2, 0.25) is 5.02 Å². The molecule has 0 saturated carbocycles. The molecule has 2 amide bonds. The lowest BCUT2D eigenvalue weighted by atomic mass is 10.1. The van der Waals surface area contributed by atoms with Gasteiger partial charge in [0.2, 0.25) is 5.91 Å². The molecule has 0 spiro atoms. The second-order valence-corrected chi connectivity index (χ2v) is 7.11. The molecule has 156 valence electrons. The standard InChI is InChI=1S/C23H24ClN3O3/c1-3-27(4-2)23(29)16-9-11-17(12-10-16)26-21(28)13-14-22-25-15-20(30-22)18-7-5-6-8-19(18)24/h5-12,15H,3-4,13-14H2,1-2H3,(H,26,28). The van der Waals surface area contributed by atoms with Crippen LogP contribution in [0.15, 0.2) is 59.1 Å². The summed E-state index contributed by atoms with van der Waals surface area (Å²) in [4.78, 5) is 30.6. The first-order chi connectivity index (χ1) is 14.5. The van der Waals surface area contributed by atoms with Crippen molar-refractivity contribution in [2.24, 2.45) is 0 Å². The molecule has 0 aliphatic carbocycles. The van der Waals surface area contributed by atoms with Gasteiger partial charge in [0, 0.05) is 42.7 Å². The fourth-order valence-corrected chi connectivity index (χ4v) is 3.27. The molecule has 1 heterocycles. The van der Waals surface area contributed by atoms with Crippen LogP contribution in [-0.2, 0) is 11.2 Å². The van der Waals surface area contributed by atoms with E-state index < -0.39 is 0 Å². The van der Waals surface area contributed by atoms with Gasteiger partial charge in [-0.1, -0.05) is 23.7 Å². The van der Waals surface area contributed by atoms with Crippen molar-refractivity contribution in [2.75, 3.05) is 18.4 Å². The minimum Gasteiger partial charge on any atom is -0.441 e. The summed E-state index contributed by atoms with van der Waals surface area (Å²) in [6.07, 6.45) is 2.21. The number of nitrogens with zero attached hydrogens (tertiary/aromatic N) is 2. The highest BCUT2D eigenvalue weighted by Crippen LogP contribution is 2.28. The molecule has 1 aromatic heterocycles. The van der Waals surface area contributed by atoms with Crippen molar-refractivity contribution < 1.29 is 14.0 Å². The van der Waals surface area contributed by atoms with Crippen molar-refractivity contribution in [1.29, 1.82) is 0 Å². The normalized spacial score (nSPS) is 10.6. The quantitative estimate of drug-likeness (QED) is 0.548. The first-order valence-electron chi connectivity index (χ1n) is 9.90. The number of anilines is 1. The first-order valence-corrected chi connectivity index (χ1v) is 10.3. The molecule has 1 N–H and O–H groups in total. The number of carbonyl (C=O) groups is 2. The number of rotatable bonds is 8. The Morgan fingerprint density at radius 1 is 1.07 bits per heavy atom. The number of aryl methyl sites for hydroxylation is 1. The number of halogens is 1. The largest absolute Gasteiger partial charge is 0.441 e. The fourth-order valence-electron chi connectivity index (χ4n) is 3.04. The Labute approximate surface area is 180 Å². The summed E-state index contributed by atoms with van der Waals surface area (Å²) < 4.78 is 5.72. The first kappa shape index (κ1) is 21.6. The van der Waals surface area contributed by atoms with Crippen LogP contribution in [0.1, 0.15) is 36.5 Å². The molecular weight excluding hydrogens is 402 g/mol. The molecule has 0 aliphatic rings. The molecule has 0 bridgehead atoms. The zero-order valence-electron chi connectivity index (χ0n) is 17.0. The van der Waals surface area contributed by atoms with Gasteiger partial charge in [0.1, 0.15) is 0 Å². The highest BCUT2D eigenvalue weighted by Gasteiger charge is 2.13. The summed E-state index contributed by atoms with van der Waals surface area (Å²) in [5.41, 5.74) is 2.01. The van der Waals surface area contributed by atoms with Gasteiger partial charge in [-0.05, 0) is 50.2 Å². The fraction of sp³-hybridized carbons (Fsp3) is 0.261. The average Bonchev–Trinajstić information content (AvgIpc) is 3.23. The molecule has 7 heteroatoms. The highest BCUT2D eigenvalue weighted by atomic mass is 35.5. The number of aromatic nitrogens is 1. The van der Waals surface area contributed by atoms with Crippen molar-refractivity contribution in [3.8, 4) is 11.3 Å². The third-order valence-electron chi connectivity index (χ3n) is 4.73. The molecule has 0 saturated heterocycles. The van der Waals surface area contributed by atoms with E-state index in [0.717, 1.165) is 5.56 Å². The van der Waals surface area contributed by atoms with E-state index in [1.807, 2.05) is 32.0 Å². The molecule has 0 unspecified atom stereocenters. The summed E-state index contributed by atoms with van der Waals surface area (Å²) in [6, 6.07) is 14.3. The maximum Gasteiger partial charge on any atom is 0.253 e. The van der Waals surface area contributed by atoms with Gasteiger partial charge in [-0.25, -0.2) is 4.98 Å². The van der Waals surface area contributed by atoms with Gasteiger partial charge in [-0.2, -0.15) is 0 Å². The number of hydrogen-bond acceptors (Lipinski definition) is 4. The van der Waals surface area contributed by atoms with E-state index >= 15 is 0 Å². The zero-order chi connectivity index (χ0) is 21.5. The monoisotopic (exact) mass is 425 g/mol. The van der Waals surface area contributed by atoms with Gasteiger partial charge in [0.25, 0.3) is 5.91 Å². The average molecular weight is 426 g/mol. The third kappa shape index (κ3) is 5.27. The molecule has 0 aliphatic heterocycles. The van der Waals surface area contributed by atoms with Gasteiger partial charge < -0.3 is 14.6 Å². The Morgan fingerprint density at radius 3 is 2.43 bits per heavy atom. The van der Waals surface area contributed by atoms with E-state index in [9.17, 15) is 9.59 Å². The summed E-state index contributed by atoms with van der Waals surface area (Å²) in [6.45, 7) is 5.21. The van der Waals surface area contributed by atoms with Crippen LogP contribution in [0.3, 0.4) is 0 Å². The second kappa shape index (κ2) is 10.1. The summed E-state index contributed by atoms with van der Waals surface area (Å²) in [5, 5.41) is 3.41. The van der Waals surface area contributed by atoms with E-state index in [-0.39, 0.29) is 18.2 Å². The van der Waals surface area contributed by atoms with Gasteiger partial charge in [-0.15, -0.1) is 0 Å². The molecule has 3 rings (SSSR count). The van der Waals surface area contributed by atoms with E-state index in [2.05, 4.69) is 10.3 Å². The summed E-state index contributed by atoms with van der Waals surface area (Å²) in [5.74, 6) is 0.871. The maximum absolute atomic E-state index is 12.3. The van der Waals surface area contributed by atoms with Gasteiger partial charge in [-0.3, -0.25) is 9.59 Å². The Morgan fingerprint density at radius 2 is 1.77 bits per heavy atom. The smallest absolute Gasteiger partial charge is 0.253 e. The molecule has 0 radical (unpaired) electrons. The molecular formula is C23H24ClN3O3. The molecule has 0 atom stereocenters. The van der Waals surface area contributed by atoms with Gasteiger partial charge in [0.05, 0.1) is 11.2 Å². The van der Waals surface area contributed by atoms with Crippen LogP contribution in [0.25, 0.3) is 11.3 Å². The van der Waals surface area contributed by atoms with Crippen LogP contribution < -0.4 is 5.32 Å². The van der Waals surface area contributed by atoms with Crippen LogP contribution >= 0.6 is 11.6 Å². The van der Waals surface area contributed by atoms with E-state index in [4.69, 9.17) is 16.0 Å². The number of amides is 2. The van der Waals surface area contributed by atoms with Crippen molar-refractivity contribution in [1.82, 2.24) is 9.88 Å². The van der Waals surface area contributed by atoms with Crippen LogP contribution in [0.4, 0.5) is 5.69 Å². The SMILES string of the molecule is CCN(CC)C(=O)c1ccc(NC(=O)CCc2ncc(-c3ccccc3Cl)o2)cc1. The topological polar surface area (TPSA) is 75.4 Å². The third-order valence-corrected chi connectivity index (χ3v) is 5.05. The van der Waals surface area contributed by atoms with Crippen LogP contribution in [-0.4, -0.2) is 34.8 Å². The van der Waals surface area contributed by atoms with E-state index in [0.29, 0.717) is 47.4 Å². The Hall–Kier alpha value is -3.12. The van der Waals surface area contributed by atoms with E-state index in [1.165, 1.54) is 0 Å². The molecule has 6 nitrogen and oxygen atoms in total.